The molecular formula is C18H23N5O. The van der Waals surface area contributed by atoms with Crippen molar-refractivity contribution in [3.63, 3.8) is 0 Å². The first-order valence-electron chi connectivity index (χ1n) is 8.14. The summed E-state index contributed by atoms with van der Waals surface area (Å²) in [5.41, 5.74) is 2.10. The van der Waals surface area contributed by atoms with Gasteiger partial charge in [-0.1, -0.05) is 32.0 Å². The topological polar surface area (TPSA) is 64.3 Å². The lowest BCUT2D eigenvalue weighted by Gasteiger charge is -2.24. The van der Waals surface area contributed by atoms with Crippen molar-refractivity contribution < 1.29 is 4.74 Å². The normalized spacial score (nSPS) is 12.5. The molecule has 1 atom stereocenters. The largest absolute Gasteiger partial charge is 0.496 e. The van der Waals surface area contributed by atoms with Gasteiger partial charge < -0.3 is 10.1 Å². The van der Waals surface area contributed by atoms with Crippen LogP contribution in [-0.4, -0.2) is 32.7 Å². The maximum Gasteiger partial charge on any atom is 0.254 e. The summed E-state index contributed by atoms with van der Waals surface area (Å²) in [5.74, 6) is 2.87. The van der Waals surface area contributed by atoms with Gasteiger partial charge in [0.05, 0.1) is 7.11 Å². The van der Waals surface area contributed by atoms with Crippen LogP contribution < -0.4 is 10.1 Å². The van der Waals surface area contributed by atoms with Crippen molar-refractivity contribution in [2.75, 3.05) is 12.4 Å². The lowest BCUT2D eigenvalue weighted by atomic mass is 9.96. The summed E-state index contributed by atoms with van der Waals surface area (Å²) in [4.78, 5) is 8.57. The minimum atomic E-state index is 0.232. The van der Waals surface area contributed by atoms with Gasteiger partial charge in [0.15, 0.2) is 0 Å². The maximum atomic E-state index is 5.49. The molecule has 0 spiro atoms. The molecule has 0 bridgehead atoms. The Bertz CT molecular complexity index is 827. The van der Waals surface area contributed by atoms with Crippen LogP contribution in [0.4, 0.5) is 5.82 Å². The zero-order valence-corrected chi connectivity index (χ0v) is 14.5. The van der Waals surface area contributed by atoms with Crippen molar-refractivity contribution >= 4 is 11.6 Å². The van der Waals surface area contributed by atoms with Crippen LogP contribution >= 0.6 is 0 Å². The van der Waals surface area contributed by atoms with E-state index in [2.05, 4.69) is 40.3 Å². The molecule has 0 radical (unpaired) electrons. The molecule has 1 N–H and O–H groups in total. The van der Waals surface area contributed by atoms with E-state index in [0.717, 1.165) is 23.7 Å². The molecule has 0 aliphatic carbocycles. The summed E-state index contributed by atoms with van der Waals surface area (Å²) in [6.45, 7) is 6.38. The van der Waals surface area contributed by atoms with E-state index in [9.17, 15) is 0 Å². The SMILES string of the molecule is COc1ccccc1CC(Nc1cc(C)nc2ncnn12)C(C)C. The molecule has 0 amide bonds. The first-order valence-corrected chi connectivity index (χ1v) is 8.14. The number of methoxy groups -OCH3 is 1. The van der Waals surface area contributed by atoms with Gasteiger partial charge in [0.1, 0.15) is 17.9 Å². The average molecular weight is 325 g/mol. The molecule has 2 aromatic heterocycles. The molecule has 6 nitrogen and oxygen atoms in total. The van der Waals surface area contributed by atoms with Crippen LogP contribution in [0.15, 0.2) is 36.7 Å². The van der Waals surface area contributed by atoms with Crippen LogP contribution in [0.1, 0.15) is 25.1 Å². The fourth-order valence-electron chi connectivity index (χ4n) is 2.79. The molecule has 3 aromatic rings. The van der Waals surface area contributed by atoms with Crippen LogP contribution in [0.2, 0.25) is 0 Å². The maximum absolute atomic E-state index is 5.49. The van der Waals surface area contributed by atoms with Crippen molar-refractivity contribution in [2.45, 2.75) is 33.2 Å². The van der Waals surface area contributed by atoms with Gasteiger partial charge in [0.2, 0.25) is 0 Å². The summed E-state index contributed by atoms with van der Waals surface area (Å²) in [7, 11) is 1.71. The van der Waals surface area contributed by atoms with Gasteiger partial charge in [0, 0.05) is 17.8 Å². The minimum Gasteiger partial charge on any atom is -0.496 e. The van der Waals surface area contributed by atoms with E-state index in [-0.39, 0.29) is 6.04 Å². The van der Waals surface area contributed by atoms with E-state index < -0.39 is 0 Å². The number of ether oxygens (including phenoxy) is 1. The monoisotopic (exact) mass is 325 g/mol. The number of anilines is 1. The van der Waals surface area contributed by atoms with Crippen LogP contribution in [0.25, 0.3) is 5.78 Å². The Hall–Kier alpha value is -2.63. The quantitative estimate of drug-likeness (QED) is 0.754. The molecule has 126 valence electrons. The number of benzene rings is 1. The first kappa shape index (κ1) is 16.2. The molecule has 3 rings (SSSR count). The summed E-state index contributed by atoms with van der Waals surface area (Å²) in [6.07, 6.45) is 2.39. The third-order valence-corrected chi connectivity index (χ3v) is 4.15. The van der Waals surface area contributed by atoms with E-state index in [1.165, 1.54) is 11.9 Å². The Morgan fingerprint density at radius 2 is 2.04 bits per heavy atom. The van der Waals surface area contributed by atoms with Crippen molar-refractivity contribution in [1.82, 2.24) is 19.6 Å². The molecule has 1 aromatic carbocycles. The van der Waals surface area contributed by atoms with E-state index in [1.54, 1.807) is 11.6 Å². The van der Waals surface area contributed by atoms with Crippen LogP contribution in [0.3, 0.4) is 0 Å². The molecule has 2 heterocycles. The van der Waals surface area contributed by atoms with Crippen molar-refractivity contribution in [1.29, 1.82) is 0 Å². The first-order chi connectivity index (χ1) is 11.6. The Morgan fingerprint density at radius 3 is 2.79 bits per heavy atom. The summed E-state index contributed by atoms with van der Waals surface area (Å²) < 4.78 is 7.23. The van der Waals surface area contributed by atoms with Gasteiger partial charge >= 0.3 is 0 Å². The number of nitrogens with one attached hydrogen (secondary N) is 1. The Morgan fingerprint density at radius 1 is 1.25 bits per heavy atom. The highest BCUT2D eigenvalue weighted by atomic mass is 16.5. The van der Waals surface area contributed by atoms with Crippen molar-refractivity contribution in [2.24, 2.45) is 5.92 Å². The second kappa shape index (κ2) is 6.86. The number of fused-ring (bicyclic) bond motifs is 1. The molecule has 0 fully saturated rings. The second-order valence-electron chi connectivity index (χ2n) is 6.27. The molecule has 0 aliphatic rings. The number of aryl methyl sites for hydroxylation is 1. The van der Waals surface area contributed by atoms with Crippen LogP contribution in [0, 0.1) is 12.8 Å². The third kappa shape index (κ3) is 3.32. The number of para-hydroxylation sites is 1. The zero-order valence-electron chi connectivity index (χ0n) is 14.5. The number of nitrogens with zero attached hydrogens (tertiary/aromatic N) is 4. The Balaban J connectivity index is 1.90. The molecule has 6 heteroatoms. The van der Waals surface area contributed by atoms with Crippen LogP contribution in [0.5, 0.6) is 5.75 Å². The number of rotatable bonds is 6. The summed E-state index contributed by atoms with van der Waals surface area (Å²) >= 11 is 0. The molecule has 24 heavy (non-hydrogen) atoms. The number of hydrogen-bond donors (Lipinski definition) is 1. The highest BCUT2D eigenvalue weighted by Gasteiger charge is 2.18. The fourth-order valence-corrected chi connectivity index (χ4v) is 2.79. The Labute approximate surface area is 141 Å². The number of aromatic nitrogens is 4. The second-order valence-corrected chi connectivity index (χ2v) is 6.27. The van der Waals surface area contributed by atoms with E-state index in [4.69, 9.17) is 4.74 Å². The minimum absolute atomic E-state index is 0.232. The molecule has 0 saturated heterocycles. The highest BCUT2D eigenvalue weighted by Crippen LogP contribution is 2.23. The summed E-state index contributed by atoms with van der Waals surface area (Å²) in [5, 5.41) is 7.88. The van der Waals surface area contributed by atoms with Gasteiger partial charge in [-0.25, -0.2) is 4.98 Å². The van der Waals surface area contributed by atoms with E-state index in [0.29, 0.717) is 11.7 Å². The molecular weight excluding hydrogens is 302 g/mol. The Kier molecular flexibility index (Phi) is 4.64. The zero-order chi connectivity index (χ0) is 17.1. The molecule has 0 aliphatic heterocycles. The highest BCUT2D eigenvalue weighted by molar-refractivity contribution is 5.46. The van der Waals surface area contributed by atoms with Crippen molar-refractivity contribution in [3.05, 3.63) is 47.9 Å². The van der Waals surface area contributed by atoms with Gasteiger partial charge in [-0.15, -0.1) is 0 Å². The smallest absolute Gasteiger partial charge is 0.254 e. The van der Waals surface area contributed by atoms with Crippen LogP contribution in [-0.2, 0) is 6.42 Å². The fraction of sp³-hybridized carbons (Fsp3) is 0.389. The van der Waals surface area contributed by atoms with Gasteiger partial charge in [-0.05, 0) is 30.9 Å². The van der Waals surface area contributed by atoms with E-state index >= 15 is 0 Å². The van der Waals surface area contributed by atoms with Gasteiger partial charge in [0.25, 0.3) is 5.78 Å². The molecule has 1 unspecified atom stereocenters. The standard InChI is InChI=1S/C18H23N5O/c1-12(2)15(10-14-7-5-6-8-16(14)24-4)22-17-9-13(3)21-18-19-11-20-23(17)18/h5-9,11-12,15,22H,10H2,1-4H3. The lowest BCUT2D eigenvalue weighted by Crippen LogP contribution is -2.29. The summed E-state index contributed by atoms with van der Waals surface area (Å²) in [6, 6.07) is 10.4. The third-order valence-electron chi connectivity index (χ3n) is 4.15. The van der Waals surface area contributed by atoms with Gasteiger partial charge in [-0.3, -0.25) is 0 Å². The van der Waals surface area contributed by atoms with Gasteiger partial charge in [-0.2, -0.15) is 14.6 Å². The van der Waals surface area contributed by atoms with Crippen molar-refractivity contribution in [3.8, 4) is 5.75 Å². The molecule has 0 saturated carbocycles. The predicted octanol–water partition coefficient (Wildman–Crippen LogP) is 3.12. The number of hydrogen-bond acceptors (Lipinski definition) is 5. The average Bonchev–Trinajstić information content (AvgIpc) is 3.02. The predicted molar refractivity (Wildman–Crippen MR) is 94.5 cm³/mol. The van der Waals surface area contributed by atoms with E-state index in [1.807, 2.05) is 31.2 Å². The lowest BCUT2D eigenvalue weighted by molar-refractivity contribution is 0.405.